The number of piperidine rings is 1. The standard InChI is InChI=1S/C14H19N3O2/c1-15-13(18)10-6-2-3-7-11(10)17-14(19)12-8-4-5-9-16-12/h2-3,6-7,12,16H,4-5,8-9H2,1H3,(H,15,18)(H,17,19)/t12-/m0/s1. The molecule has 1 saturated heterocycles. The van der Waals surface area contributed by atoms with Gasteiger partial charge < -0.3 is 16.0 Å². The molecule has 19 heavy (non-hydrogen) atoms. The van der Waals surface area contributed by atoms with Gasteiger partial charge >= 0.3 is 0 Å². The monoisotopic (exact) mass is 261 g/mol. The first-order valence-electron chi connectivity index (χ1n) is 6.57. The molecule has 1 aromatic carbocycles. The summed E-state index contributed by atoms with van der Waals surface area (Å²) in [5.41, 5.74) is 1.04. The van der Waals surface area contributed by atoms with Gasteiger partial charge in [0.25, 0.3) is 5.91 Å². The van der Waals surface area contributed by atoms with Crippen LogP contribution in [0.5, 0.6) is 0 Å². The van der Waals surface area contributed by atoms with Crippen molar-refractivity contribution in [2.45, 2.75) is 25.3 Å². The zero-order valence-corrected chi connectivity index (χ0v) is 11.0. The maximum Gasteiger partial charge on any atom is 0.253 e. The summed E-state index contributed by atoms with van der Waals surface area (Å²) in [5.74, 6) is -0.274. The van der Waals surface area contributed by atoms with Crippen LogP contribution in [0.2, 0.25) is 0 Å². The fourth-order valence-corrected chi connectivity index (χ4v) is 2.22. The zero-order chi connectivity index (χ0) is 13.7. The van der Waals surface area contributed by atoms with Crippen LogP contribution in [0.4, 0.5) is 5.69 Å². The number of carbonyl (C=O) groups is 2. The van der Waals surface area contributed by atoms with E-state index in [1.54, 1.807) is 31.3 Å². The normalized spacial score (nSPS) is 18.7. The molecule has 0 saturated carbocycles. The Labute approximate surface area is 112 Å². The van der Waals surface area contributed by atoms with Crippen LogP contribution in [-0.4, -0.2) is 31.4 Å². The van der Waals surface area contributed by atoms with Gasteiger partial charge in [-0.25, -0.2) is 0 Å². The minimum absolute atomic E-state index is 0.0731. The van der Waals surface area contributed by atoms with E-state index >= 15 is 0 Å². The second-order valence-electron chi connectivity index (χ2n) is 4.62. The van der Waals surface area contributed by atoms with E-state index in [2.05, 4.69) is 16.0 Å². The minimum atomic E-state index is -0.201. The number of benzene rings is 1. The van der Waals surface area contributed by atoms with Crippen LogP contribution in [-0.2, 0) is 4.79 Å². The van der Waals surface area contributed by atoms with Crippen molar-refractivity contribution in [3.63, 3.8) is 0 Å². The third-order valence-electron chi connectivity index (χ3n) is 3.28. The number of nitrogens with one attached hydrogen (secondary N) is 3. The van der Waals surface area contributed by atoms with Crippen LogP contribution in [0.25, 0.3) is 0 Å². The molecule has 0 aliphatic carbocycles. The number of hydrogen-bond donors (Lipinski definition) is 3. The van der Waals surface area contributed by atoms with E-state index in [-0.39, 0.29) is 17.9 Å². The Morgan fingerprint density at radius 2 is 2.05 bits per heavy atom. The van der Waals surface area contributed by atoms with Crippen molar-refractivity contribution in [3.05, 3.63) is 29.8 Å². The van der Waals surface area contributed by atoms with Crippen molar-refractivity contribution in [1.82, 2.24) is 10.6 Å². The first-order valence-corrected chi connectivity index (χ1v) is 6.57. The van der Waals surface area contributed by atoms with Crippen LogP contribution < -0.4 is 16.0 Å². The highest BCUT2D eigenvalue weighted by Crippen LogP contribution is 2.16. The molecule has 1 heterocycles. The Kier molecular flexibility index (Phi) is 4.52. The molecule has 1 aliphatic rings. The van der Waals surface area contributed by atoms with Gasteiger partial charge in [-0.05, 0) is 31.5 Å². The van der Waals surface area contributed by atoms with Crippen molar-refractivity contribution in [2.75, 3.05) is 18.9 Å². The number of anilines is 1. The van der Waals surface area contributed by atoms with E-state index in [4.69, 9.17) is 0 Å². The fraction of sp³-hybridized carbons (Fsp3) is 0.429. The van der Waals surface area contributed by atoms with Crippen LogP contribution in [0.3, 0.4) is 0 Å². The van der Waals surface area contributed by atoms with Crippen molar-refractivity contribution in [1.29, 1.82) is 0 Å². The van der Waals surface area contributed by atoms with Gasteiger partial charge in [-0.15, -0.1) is 0 Å². The average Bonchev–Trinajstić information content (AvgIpc) is 2.48. The van der Waals surface area contributed by atoms with E-state index in [0.29, 0.717) is 11.3 Å². The topological polar surface area (TPSA) is 70.2 Å². The van der Waals surface area contributed by atoms with Gasteiger partial charge in [-0.1, -0.05) is 18.6 Å². The maximum atomic E-state index is 12.1. The van der Waals surface area contributed by atoms with Crippen molar-refractivity contribution >= 4 is 17.5 Å². The van der Waals surface area contributed by atoms with Crippen LogP contribution in [0, 0.1) is 0 Å². The van der Waals surface area contributed by atoms with E-state index in [1.165, 1.54) is 0 Å². The van der Waals surface area contributed by atoms with E-state index < -0.39 is 0 Å². The molecule has 1 aliphatic heterocycles. The first kappa shape index (κ1) is 13.5. The largest absolute Gasteiger partial charge is 0.355 e. The lowest BCUT2D eigenvalue weighted by Gasteiger charge is -2.23. The Balaban J connectivity index is 2.09. The van der Waals surface area contributed by atoms with Crippen LogP contribution in [0.15, 0.2) is 24.3 Å². The van der Waals surface area contributed by atoms with Crippen LogP contribution in [0.1, 0.15) is 29.6 Å². The van der Waals surface area contributed by atoms with Crippen molar-refractivity contribution < 1.29 is 9.59 Å². The van der Waals surface area contributed by atoms with Crippen molar-refractivity contribution in [3.8, 4) is 0 Å². The quantitative estimate of drug-likeness (QED) is 0.764. The van der Waals surface area contributed by atoms with Crippen LogP contribution >= 0.6 is 0 Å². The van der Waals surface area contributed by atoms with Gasteiger partial charge in [0.2, 0.25) is 5.91 Å². The summed E-state index contributed by atoms with van der Waals surface area (Å²) in [5, 5.41) is 8.59. The Bertz CT molecular complexity index is 468. The molecule has 0 radical (unpaired) electrons. The summed E-state index contributed by atoms with van der Waals surface area (Å²) in [6.07, 6.45) is 3.01. The lowest BCUT2D eigenvalue weighted by molar-refractivity contribution is -0.118. The highest BCUT2D eigenvalue weighted by molar-refractivity contribution is 6.04. The molecular weight excluding hydrogens is 242 g/mol. The van der Waals surface area contributed by atoms with Gasteiger partial charge in [0.15, 0.2) is 0 Å². The molecule has 0 aromatic heterocycles. The average molecular weight is 261 g/mol. The number of rotatable bonds is 3. The Morgan fingerprint density at radius 1 is 1.26 bits per heavy atom. The summed E-state index contributed by atoms with van der Waals surface area (Å²) >= 11 is 0. The molecule has 5 nitrogen and oxygen atoms in total. The number of para-hydroxylation sites is 1. The third-order valence-corrected chi connectivity index (χ3v) is 3.28. The lowest BCUT2D eigenvalue weighted by atomic mass is 10.0. The molecule has 0 unspecified atom stereocenters. The van der Waals surface area contributed by atoms with Gasteiger partial charge in [0.05, 0.1) is 17.3 Å². The third kappa shape index (κ3) is 3.32. The molecule has 0 bridgehead atoms. The second-order valence-corrected chi connectivity index (χ2v) is 4.62. The molecule has 1 fully saturated rings. The second kappa shape index (κ2) is 6.33. The fourth-order valence-electron chi connectivity index (χ4n) is 2.22. The molecule has 0 spiro atoms. The number of carbonyl (C=O) groups excluding carboxylic acids is 2. The van der Waals surface area contributed by atoms with Gasteiger partial charge in [0, 0.05) is 7.05 Å². The summed E-state index contributed by atoms with van der Waals surface area (Å²) in [7, 11) is 1.57. The summed E-state index contributed by atoms with van der Waals surface area (Å²) in [4.78, 5) is 23.8. The summed E-state index contributed by atoms with van der Waals surface area (Å²) in [6, 6.07) is 6.86. The molecule has 1 atom stereocenters. The maximum absolute atomic E-state index is 12.1. The Morgan fingerprint density at radius 3 is 2.74 bits per heavy atom. The molecule has 2 amide bonds. The van der Waals surface area contributed by atoms with E-state index in [1.807, 2.05) is 0 Å². The summed E-state index contributed by atoms with van der Waals surface area (Å²) < 4.78 is 0. The molecule has 3 N–H and O–H groups in total. The summed E-state index contributed by atoms with van der Waals surface area (Å²) in [6.45, 7) is 0.870. The van der Waals surface area contributed by atoms with Crippen molar-refractivity contribution in [2.24, 2.45) is 0 Å². The zero-order valence-electron chi connectivity index (χ0n) is 11.0. The minimum Gasteiger partial charge on any atom is -0.355 e. The highest BCUT2D eigenvalue weighted by atomic mass is 16.2. The van der Waals surface area contributed by atoms with Gasteiger partial charge in [-0.2, -0.15) is 0 Å². The highest BCUT2D eigenvalue weighted by Gasteiger charge is 2.21. The smallest absolute Gasteiger partial charge is 0.253 e. The first-order chi connectivity index (χ1) is 9.22. The number of amides is 2. The lowest BCUT2D eigenvalue weighted by Crippen LogP contribution is -2.43. The SMILES string of the molecule is CNC(=O)c1ccccc1NC(=O)[C@@H]1CCCCN1. The van der Waals surface area contributed by atoms with Gasteiger partial charge in [0.1, 0.15) is 0 Å². The van der Waals surface area contributed by atoms with E-state index in [0.717, 1.165) is 25.8 Å². The molecular formula is C14H19N3O2. The molecule has 2 rings (SSSR count). The van der Waals surface area contributed by atoms with Gasteiger partial charge in [-0.3, -0.25) is 9.59 Å². The molecule has 1 aromatic rings. The number of hydrogen-bond acceptors (Lipinski definition) is 3. The predicted molar refractivity (Wildman–Crippen MR) is 74.1 cm³/mol. The molecule has 102 valence electrons. The predicted octanol–water partition coefficient (Wildman–Crippen LogP) is 1.13. The molecule has 5 heteroatoms. The Hall–Kier alpha value is -1.88. The van der Waals surface area contributed by atoms with E-state index in [9.17, 15) is 9.59 Å².